The summed E-state index contributed by atoms with van der Waals surface area (Å²) in [5.74, 6) is 0.176. The second kappa shape index (κ2) is 5.19. The number of hydrogen-bond donors (Lipinski definition) is 0. The van der Waals surface area contributed by atoms with Crippen LogP contribution in [0.4, 0.5) is 0 Å². The number of nitrogens with zero attached hydrogens (tertiary/aromatic N) is 1. The molecule has 1 aromatic heterocycles. The Bertz CT molecular complexity index is 531. The monoisotopic (exact) mass is 247 g/mol. The molecule has 2 rings (SSSR count). The maximum absolute atomic E-state index is 11.5. The van der Waals surface area contributed by atoms with Crippen molar-refractivity contribution in [3.05, 3.63) is 58.9 Å². The van der Waals surface area contributed by atoms with Crippen LogP contribution < -0.4 is 0 Å². The van der Waals surface area contributed by atoms with Gasteiger partial charge >= 0.3 is 0 Å². The summed E-state index contributed by atoms with van der Waals surface area (Å²) in [6.07, 6.45) is 4.34. The van der Waals surface area contributed by atoms with Crippen molar-refractivity contribution in [1.29, 1.82) is 0 Å². The summed E-state index contributed by atoms with van der Waals surface area (Å²) in [4.78, 5) is 11.5. The molecule has 0 aliphatic rings. The third kappa shape index (κ3) is 2.98. The third-order valence-corrected chi connectivity index (χ3v) is 2.88. The molecule has 0 saturated heterocycles. The Kier molecular flexibility index (Phi) is 3.64. The van der Waals surface area contributed by atoms with Crippen LogP contribution in [0.25, 0.3) is 0 Å². The molecule has 88 valence electrons. The zero-order valence-electron chi connectivity index (χ0n) is 9.69. The minimum Gasteiger partial charge on any atom is -0.349 e. The van der Waals surface area contributed by atoms with Gasteiger partial charge < -0.3 is 4.57 Å². The minimum absolute atomic E-state index is 0.176. The lowest BCUT2D eigenvalue weighted by atomic mass is 10.2. The summed E-state index contributed by atoms with van der Waals surface area (Å²) < 4.78 is 1.99. The van der Waals surface area contributed by atoms with E-state index < -0.39 is 0 Å². The van der Waals surface area contributed by atoms with Crippen molar-refractivity contribution in [2.24, 2.45) is 0 Å². The largest absolute Gasteiger partial charge is 0.349 e. The number of carbonyl (C=O) groups excluding carboxylic acids is 1. The van der Waals surface area contributed by atoms with E-state index in [4.69, 9.17) is 11.6 Å². The predicted octanol–water partition coefficient (Wildman–Crippen LogP) is 3.78. The highest BCUT2D eigenvalue weighted by molar-refractivity contribution is 6.30. The zero-order valence-corrected chi connectivity index (χ0v) is 10.4. The van der Waals surface area contributed by atoms with Gasteiger partial charge in [0, 0.05) is 35.9 Å². The molecular weight excluding hydrogens is 234 g/mol. The second-order valence-electron chi connectivity index (χ2n) is 3.98. The fourth-order valence-corrected chi connectivity index (χ4v) is 1.97. The van der Waals surface area contributed by atoms with Crippen LogP contribution in [-0.2, 0) is 6.54 Å². The maximum atomic E-state index is 11.5. The molecule has 2 aromatic rings. The van der Waals surface area contributed by atoms with E-state index in [1.165, 1.54) is 0 Å². The molecule has 0 fully saturated rings. The average molecular weight is 248 g/mol. The van der Waals surface area contributed by atoms with Crippen LogP contribution in [0.1, 0.15) is 29.3 Å². The SMILES string of the molecule is CCC(=O)c1ccn(Cc2cccc(Cl)c2)c1. The van der Waals surface area contributed by atoms with Gasteiger partial charge in [-0.15, -0.1) is 0 Å². The summed E-state index contributed by atoms with van der Waals surface area (Å²) in [7, 11) is 0. The van der Waals surface area contributed by atoms with Crippen LogP contribution in [0.15, 0.2) is 42.7 Å². The van der Waals surface area contributed by atoms with E-state index in [9.17, 15) is 4.79 Å². The normalized spacial score (nSPS) is 10.5. The fourth-order valence-electron chi connectivity index (χ4n) is 1.75. The van der Waals surface area contributed by atoms with Gasteiger partial charge in [-0.1, -0.05) is 30.7 Å². The molecule has 0 radical (unpaired) electrons. The maximum Gasteiger partial charge on any atom is 0.164 e. The second-order valence-corrected chi connectivity index (χ2v) is 4.42. The van der Waals surface area contributed by atoms with Gasteiger partial charge in [0.15, 0.2) is 5.78 Å². The van der Waals surface area contributed by atoms with E-state index in [2.05, 4.69) is 0 Å². The number of ketones is 1. The first-order valence-corrected chi connectivity index (χ1v) is 6.00. The first kappa shape index (κ1) is 11.9. The molecule has 0 bridgehead atoms. The van der Waals surface area contributed by atoms with E-state index in [1.807, 2.05) is 54.2 Å². The van der Waals surface area contributed by atoms with E-state index in [-0.39, 0.29) is 5.78 Å². The number of rotatable bonds is 4. The highest BCUT2D eigenvalue weighted by Gasteiger charge is 2.05. The lowest BCUT2D eigenvalue weighted by Crippen LogP contribution is -1.98. The van der Waals surface area contributed by atoms with Gasteiger partial charge in [-0.25, -0.2) is 0 Å². The van der Waals surface area contributed by atoms with E-state index >= 15 is 0 Å². The summed E-state index contributed by atoms with van der Waals surface area (Å²) in [5, 5.41) is 0.736. The highest BCUT2D eigenvalue weighted by Crippen LogP contribution is 2.13. The number of aromatic nitrogens is 1. The minimum atomic E-state index is 0.176. The van der Waals surface area contributed by atoms with Crippen LogP contribution in [-0.4, -0.2) is 10.4 Å². The lowest BCUT2D eigenvalue weighted by molar-refractivity contribution is 0.0988. The van der Waals surface area contributed by atoms with Crippen LogP contribution >= 0.6 is 11.6 Å². The molecular formula is C14H14ClNO. The van der Waals surface area contributed by atoms with Crippen molar-refractivity contribution in [1.82, 2.24) is 4.57 Å². The first-order valence-electron chi connectivity index (χ1n) is 5.62. The van der Waals surface area contributed by atoms with E-state index in [0.29, 0.717) is 6.42 Å². The molecule has 1 heterocycles. The van der Waals surface area contributed by atoms with Gasteiger partial charge in [-0.05, 0) is 23.8 Å². The average Bonchev–Trinajstić information content (AvgIpc) is 2.76. The number of carbonyl (C=O) groups is 1. The molecule has 1 aromatic carbocycles. The number of benzene rings is 1. The Morgan fingerprint density at radius 2 is 2.18 bits per heavy atom. The van der Waals surface area contributed by atoms with E-state index in [0.717, 1.165) is 22.7 Å². The lowest BCUT2D eigenvalue weighted by Gasteiger charge is -2.03. The van der Waals surface area contributed by atoms with Crippen LogP contribution in [0.2, 0.25) is 5.02 Å². The molecule has 0 aliphatic carbocycles. The topological polar surface area (TPSA) is 22.0 Å². The Balaban J connectivity index is 2.14. The molecule has 3 heteroatoms. The Labute approximate surface area is 106 Å². The predicted molar refractivity (Wildman–Crippen MR) is 69.6 cm³/mol. The Morgan fingerprint density at radius 3 is 2.88 bits per heavy atom. The molecule has 2 nitrogen and oxygen atoms in total. The Hall–Kier alpha value is -1.54. The number of hydrogen-bond acceptors (Lipinski definition) is 1. The molecule has 0 unspecified atom stereocenters. The van der Waals surface area contributed by atoms with Gasteiger partial charge in [-0.2, -0.15) is 0 Å². The molecule has 0 amide bonds. The fraction of sp³-hybridized carbons (Fsp3) is 0.214. The molecule has 17 heavy (non-hydrogen) atoms. The number of halogens is 1. The zero-order chi connectivity index (χ0) is 12.3. The summed E-state index contributed by atoms with van der Waals surface area (Å²) in [6, 6.07) is 9.60. The van der Waals surface area contributed by atoms with Crippen molar-refractivity contribution in [3.63, 3.8) is 0 Å². The van der Waals surface area contributed by atoms with Crippen molar-refractivity contribution in [3.8, 4) is 0 Å². The van der Waals surface area contributed by atoms with Crippen LogP contribution in [0.5, 0.6) is 0 Å². The molecule has 0 aliphatic heterocycles. The summed E-state index contributed by atoms with van der Waals surface area (Å²) in [5.41, 5.74) is 1.90. The van der Waals surface area contributed by atoms with Gasteiger partial charge in [0.2, 0.25) is 0 Å². The van der Waals surface area contributed by atoms with Crippen molar-refractivity contribution in [2.75, 3.05) is 0 Å². The highest BCUT2D eigenvalue weighted by atomic mass is 35.5. The van der Waals surface area contributed by atoms with Gasteiger partial charge in [0.25, 0.3) is 0 Å². The Morgan fingerprint density at radius 1 is 1.35 bits per heavy atom. The smallest absolute Gasteiger partial charge is 0.164 e. The van der Waals surface area contributed by atoms with Crippen LogP contribution in [0.3, 0.4) is 0 Å². The quantitative estimate of drug-likeness (QED) is 0.754. The molecule has 0 atom stereocenters. The van der Waals surface area contributed by atoms with Crippen molar-refractivity contribution < 1.29 is 4.79 Å². The standard InChI is InChI=1S/C14H14ClNO/c1-2-14(17)12-6-7-16(10-12)9-11-4-3-5-13(15)8-11/h3-8,10H,2,9H2,1H3. The summed E-state index contributed by atoms with van der Waals surface area (Å²) >= 11 is 5.93. The van der Waals surface area contributed by atoms with Crippen LogP contribution in [0, 0.1) is 0 Å². The van der Waals surface area contributed by atoms with Gasteiger partial charge in [0.05, 0.1) is 0 Å². The third-order valence-electron chi connectivity index (χ3n) is 2.65. The van der Waals surface area contributed by atoms with Crippen molar-refractivity contribution >= 4 is 17.4 Å². The number of Topliss-reactive ketones (excluding diaryl/α,β-unsaturated/α-hetero) is 1. The first-order chi connectivity index (χ1) is 8.19. The van der Waals surface area contributed by atoms with Gasteiger partial charge in [-0.3, -0.25) is 4.79 Å². The van der Waals surface area contributed by atoms with E-state index in [1.54, 1.807) is 0 Å². The molecule has 0 spiro atoms. The molecule has 0 N–H and O–H groups in total. The summed E-state index contributed by atoms with van der Waals surface area (Å²) in [6.45, 7) is 2.61. The molecule has 0 saturated carbocycles. The van der Waals surface area contributed by atoms with Gasteiger partial charge in [0.1, 0.15) is 0 Å². The van der Waals surface area contributed by atoms with Crippen molar-refractivity contribution in [2.45, 2.75) is 19.9 Å².